The van der Waals surface area contributed by atoms with Crippen molar-refractivity contribution in [2.75, 3.05) is 7.11 Å². The lowest BCUT2D eigenvalue weighted by Gasteiger charge is -2.36. The van der Waals surface area contributed by atoms with Crippen LogP contribution in [0.1, 0.15) is 33.1 Å². The molecule has 0 aromatic carbocycles. The summed E-state index contributed by atoms with van der Waals surface area (Å²) in [6.45, 7) is 8.53. The van der Waals surface area contributed by atoms with E-state index in [0.717, 1.165) is 24.8 Å². The Morgan fingerprint density at radius 3 is 2.64 bits per heavy atom. The molecule has 2 atom stereocenters. The highest BCUT2D eigenvalue weighted by Gasteiger charge is 2.61. The average molecular weight is 194 g/mol. The van der Waals surface area contributed by atoms with E-state index in [1.165, 1.54) is 7.11 Å². The van der Waals surface area contributed by atoms with Crippen LogP contribution in [0.2, 0.25) is 0 Å². The van der Waals surface area contributed by atoms with Crippen molar-refractivity contribution in [3.63, 3.8) is 0 Å². The quantitative estimate of drug-likeness (QED) is 0.473. The lowest BCUT2D eigenvalue weighted by atomic mass is 9.68. The molecule has 0 radical (unpaired) electrons. The maximum absolute atomic E-state index is 11.8. The second kappa shape index (κ2) is 2.62. The number of carbonyl (C=O) groups excluding carboxylic acids is 1. The fourth-order valence-corrected chi connectivity index (χ4v) is 3.30. The fourth-order valence-electron chi connectivity index (χ4n) is 3.30. The summed E-state index contributed by atoms with van der Waals surface area (Å²) in [4.78, 5) is 11.8. The van der Waals surface area contributed by atoms with Crippen LogP contribution in [0.4, 0.5) is 0 Å². The van der Waals surface area contributed by atoms with Crippen molar-refractivity contribution in [3.05, 3.63) is 12.2 Å². The predicted octanol–water partition coefficient (Wildman–Crippen LogP) is 2.54. The van der Waals surface area contributed by atoms with Crippen molar-refractivity contribution in [1.29, 1.82) is 0 Å². The topological polar surface area (TPSA) is 26.3 Å². The third kappa shape index (κ3) is 0.891. The first-order valence-corrected chi connectivity index (χ1v) is 5.23. The van der Waals surface area contributed by atoms with Gasteiger partial charge < -0.3 is 4.74 Å². The third-order valence-corrected chi connectivity index (χ3v) is 4.47. The van der Waals surface area contributed by atoms with Crippen LogP contribution < -0.4 is 0 Å². The Morgan fingerprint density at radius 2 is 2.21 bits per heavy atom. The molecule has 2 nitrogen and oxygen atoms in total. The Balaban J connectivity index is 2.40. The molecule has 2 aliphatic rings. The molecular weight excluding hydrogens is 176 g/mol. The summed E-state index contributed by atoms with van der Waals surface area (Å²) in [5.74, 6) is 0.546. The SMILES string of the molecule is C=C1C(C)(C)[C@H]2CC[C@@]1(C(=O)OC)C2. The Morgan fingerprint density at radius 1 is 1.57 bits per heavy atom. The molecule has 0 unspecified atom stereocenters. The number of methoxy groups -OCH3 is 1. The zero-order valence-electron chi connectivity index (χ0n) is 9.22. The predicted molar refractivity (Wildman–Crippen MR) is 54.7 cm³/mol. The molecular formula is C12H18O2. The van der Waals surface area contributed by atoms with Gasteiger partial charge in [0.15, 0.2) is 0 Å². The van der Waals surface area contributed by atoms with Crippen molar-refractivity contribution in [2.45, 2.75) is 33.1 Å². The van der Waals surface area contributed by atoms with E-state index in [1.807, 2.05) is 0 Å². The van der Waals surface area contributed by atoms with Gasteiger partial charge in [-0.3, -0.25) is 4.79 Å². The van der Waals surface area contributed by atoms with Crippen LogP contribution in [-0.2, 0) is 9.53 Å². The maximum Gasteiger partial charge on any atom is 0.315 e. The van der Waals surface area contributed by atoms with E-state index in [9.17, 15) is 4.79 Å². The Labute approximate surface area is 85.3 Å². The summed E-state index contributed by atoms with van der Waals surface area (Å²) in [6, 6.07) is 0. The van der Waals surface area contributed by atoms with E-state index in [1.54, 1.807) is 0 Å². The molecule has 0 heterocycles. The highest BCUT2D eigenvalue weighted by molar-refractivity contribution is 5.82. The first-order chi connectivity index (χ1) is 6.45. The standard InChI is InChI=1S/C12H18O2/c1-8-11(2,3)9-5-6-12(8,7-9)10(13)14-4/h9H,1,5-7H2,2-4H3/t9-,12+/m0/s1. The van der Waals surface area contributed by atoms with Gasteiger partial charge in [-0.05, 0) is 30.6 Å². The molecule has 14 heavy (non-hydrogen) atoms. The highest BCUT2D eigenvalue weighted by atomic mass is 16.5. The Hall–Kier alpha value is -0.790. The van der Waals surface area contributed by atoms with Gasteiger partial charge in [-0.2, -0.15) is 0 Å². The largest absolute Gasteiger partial charge is 0.468 e. The number of hydrogen-bond donors (Lipinski definition) is 0. The second-order valence-electron chi connectivity index (χ2n) is 5.21. The molecule has 2 bridgehead atoms. The molecule has 2 heteroatoms. The molecule has 0 aromatic heterocycles. The van der Waals surface area contributed by atoms with Crippen molar-refractivity contribution >= 4 is 5.97 Å². The van der Waals surface area contributed by atoms with Gasteiger partial charge in [-0.15, -0.1) is 0 Å². The van der Waals surface area contributed by atoms with E-state index in [2.05, 4.69) is 20.4 Å². The van der Waals surface area contributed by atoms with Gasteiger partial charge in [-0.1, -0.05) is 26.0 Å². The number of ether oxygens (including phenoxy) is 1. The van der Waals surface area contributed by atoms with Crippen LogP contribution >= 0.6 is 0 Å². The molecule has 0 amide bonds. The zero-order valence-corrected chi connectivity index (χ0v) is 9.22. The van der Waals surface area contributed by atoms with E-state index in [0.29, 0.717) is 5.92 Å². The lowest BCUT2D eigenvalue weighted by molar-refractivity contribution is -0.150. The van der Waals surface area contributed by atoms with Crippen molar-refractivity contribution < 1.29 is 9.53 Å². The van der Waals surface area contributed by atoms with Crippen molar-refractivity contribution in [2.24, 2.45) is 16.7 Å². The molecule has 2 saturated carbocycles. The second-order valence-corrected chi connectivity index (χ2v) is 5.21. The van der Waals surface area contributed by atoms with Gasteiger partial charge in [0.05, 0.1) is 12.5 Å². The average Bonchev–Trinajstić information content (AvgIpc) is 2.66. The van der Waals surface area contributed by atoms with Crippen LogP contribution in [0, 0.1) is 16.7 Å². The molecule has 0 saturated heterocycles. The minimum absolute atomic E-state index is 0.0735. The minimum atomic E-state index is -0.344. The molecule has 2 aliphatic carbocycles. The summed E-state index contributed by atoms with van der Waals surface area (Å²) < 4.78 is 4.92. The van der Waals surface area contributed by atoms with Gasteiger partial charge in [-0.25, -0.2) is 0 Å². The smallest absolute Gasteiger partial charge is 0.315 e. The van der Waals surface area contributed by atoms with E-state index < -0.39 is 0 Å². The lowest BCUT2D eigenvalue weighted by Crippen LogP contribution is -2.34. The fraction of sp³-hybridized carbons (Fsp3) is 0.750. The Bertz CT molecular complexity index is 303. The van der Waals surface area contributed by atoms with Crippen LogP contribution in [0.15, 0.2) is 12.2 Å². The number of esters is 1. The van der Waals surface area contributed by atoms with E-state index >= 15 is 0 Å². The molecule has 2 fully saturated rings. The molecule has 0 aliphatic heterocycles. The molecule has 0 spiro atoms. The maximum atomic E-state index is 11.8. The molecule has 0 N–H and O–H groups in total. The summed E-state index contributed by atoms with van der Waals surface area (Å²) in [5.41, 5.74) is 0.864. The Kier molecular flexibility index (Phi) is 1.82. The van der Waals surface area contributed by atoms with Gasteiger partial charge >= 0.3 is 5.97 Å². The number of fused-ring (bicyclic) bond motifs is 2. The summed E-state index contributed by atoms with van der Waals surface area (Å²) >= 11 is 0. The molecule has 0 aromatic rings. The van der Waals surface area contributed by atoms with Crippen LogP contribution in [0.3, 0.4) is 0 Å². The van der Waals surface area contributed by atoms with E-state index in [-0.39, 0.29) is 16.8 Å². The summed E-state index contributed by atoms with van der Waals surface area (Å²) in [5, 5.41) is 0. The van der Waals surface area contributed by atoms with Gasteiger partial charge in [0, 0.05) is 0 Å². The number of carbonyl (C=O) groups is 1. The summed E-state index contributed by atoms with van der Waals surface area (Å²) in [7, 11) is 1.48. The third-order valence-electron chi connectivity index (χ3n) is 4.47. The zero-order chi connectivity index (χ0) is 10.6. The summed E-state index contributed by atoms with van der Waals surface area (Å²) in [6.07, 6.45) is 3.03. The minimum Gasteiger partial charge on any atom is -0.468 e. The first-order valence-electron chi connectivity index (χ1n) is 5.23. The van der Waals surface area contributed by atoms with Crippen molar-refractivity contribution in [3.8, 4) is 0 Å². The molecule has 78 valence electrons. The number of hydrogen-bond acceptors (Lipinski definition) is 2. The molecule has 2 rings (SSSR count). The van der Waals surface area contributed by atoms with E-state index in [4.69, 9.17) is 4.74 Å². The van der Waals surface area contributed by atoms with Gasteiger partial charge in [0.2, 0.25) is 0 Å². The van der Waals surface area contributed by atoms with Crippen molar-refractivity contribution in [1.82, 2.24) is 0 Å². The monoisotopic (exact) mass is 194 g/mol. The normalized spacial score (nSPS) is 38.8. The number of rotatable bonds is 1. The first kappa shape index (κ1) is 9.75. The van der Waals surface area contributed by atoms with Crippen LogP contribution in [-0.4, -0.2) is 13.1 Å². The van der Waals surface area contributed by atoms with Crippen LogP contribution in [0.5, 0.6) is 0 Å². The van der Waals surface area contributed by atoms with Gasteiger partial charge in [0.1, 0.15) is 0 Å². The highest BCUT2D eigenvalue weighted by Crippen LogP contribution is 2.65. The van der Waals surface area contributed by atoms with Gasteiger partial charge in [0.25, 0.3) is 0 Å². The van der Waals surface area contributed by atoms with Crippen LogP contribution in [0.25, 0.3) is 0 Å².